The van der Waals surface area contributed by atoms with Gasteiger partial charge in [-0.05, 0) is 17.7 Å². The SMILES string of the molecule is O=C(C(O)c1cccc(Br)c1)N1CCc2[nH]ncc2C1. The van der Waals surface area contributed by atoms with Crippen LogP contribution in [0.5, 0.6) is 0 Å². The number of carbonyl (C=O) groups excluding carboxylic acids is 1. The number of amides is 1. The average molecular weight is 336 g/mol. The van der Waals surface area contributed by atoms with Crippen LogP contribution in [-0.2, 0) is 17.8 Å². The molecule has 1 aliphatic heterocycles. The first-order valence-electron chi connectivity index (χ1n) is 6.38. The molecule has 0 fully saturated rings. The standard InChI is InChI=1S/C14H14BrN3O2/c15-11-3-1-2-9(6-11)13(19)14(20)18-5-4-12-10(8-18)7-16-17-12/h1-3,6-7,13,19H,4-5,8H2,(H,16,17). The van der Waals surface area contributed by atoms with E-state index >= 15 is 0 Å². The van der Waals surface area contributed by atoms with E-state index < -0.39 is 6.10 Å². The van der Waals surface area contributed by atoms with Gasteiger partial charge in [0.05, 0.1) is 6.20 Å². The highest BCUT2D eigenvalue weighted by molar-refractivity contribution is 9.10. The molecule has 0 aliphatic carbocycles. The Morgan fingerprint density at radius 1 is 1.50 bits per heavy atom. The number of aromatic amines is 1. The van der Waals surface area contributed by atoms with E-state index in [1.807, 2.05) is 6.07 Å². The minimum Gasteiger partial charge on any atom is -0.378 e. The van der Waals surface area contributed by atoms with E-state index in [0.29, 0.717) is 18.7 Å². The van der Waals surface area contributed by atoms with Crippen LogP contribution in [0.3, 0.4) is 0 Å². The summed E-state index contributed by atoms with van der Waals surface area (Å²) < 4.78 is 0.845. The zero-order valence-corrected chi connectivity index (χ0v) is 12.3. The molecule has 1 aromatic heterocycles. The Morgan fingerprint density at radius 2 is 2.35 bits per heavy atom. The minimum absolute atomic E-state index is 0.269. The molecule has 1 aliphatic rings. The van der Waals surface area contributed by atoms with Crippen LogP contribution in [0.15, 0.2) is 34.9 Å². The summed E-state index contributed by atoms with van der Waals surface area (Å²) in [5, 5.41) is 17.1. The maximum atomic E-state index is 12.4. The molecule has 3 rings (SSSR count). The van der Waals surface area contributed by atoms with Crippen molar-refractivity contribution in [2.45, 2.75) is 19.1 Å². The van der Waals surface area contributed by atoms with E-state index in [4.69, 9.17) is 0 Å². The quantitative estimate of drug-likeness (QED) is 0.879. The molecule has 1 atom stereocenters. The smallest absolute Gasteiger partial charge is 0.256 e. The molecule has 5 nitrogen and oxygen atoms in total. The molecule has 2 aromatic rings. The number of aromatic nitrogens is 2. The molecule has 2 N–H and O–H groups in total. The van der Waals surface area contributed by atoms with E-state index in [-0.39, 0.29) is 5.91 Å². The van der Waals surface area contributed by atoms with Gasteiger partial charge in [-0.1, -0.05) is 28.1 Å². The molecule has 0 saturated carbocycles. The van der Waals surface area contributed by atoms with Gasteiger partial charge in [-0.15, -0.1) is 0 Å². The number of carbonyl (C=O) groups is 1. The molecule has 20 heavy (non-hydrogen) atoms. The lowest BCUT2D eigenvalue weighted by Gasteiger charge is -2.28. The van der Waals surface area contributed by atoms with Gasteiger partial charge < -0.3 is 10.0 Å². The number of hydrogen-bond donors (Lipinski definition) is 2. The molecule has 1 aromatic carbocycles. The molecule has 2 heterocycles. The molecule has 0 saturated heterocycles. The lowest BCUT2D eigenvalue weighted by Crippen LogP contribution is -2.38. The maximum absolute atomic E-state index is 12.4. The van der Waals surface area contributed by atoms with E-state index in [9.17, 15) is 9.90 Å². The Labute approximate surface area is 124 Å². The Hall–Kier alpha value is -1.66. The predicted molar refractivity (Wildman–Crippen MR) is 76.8 cm³/mol. The Bertz CT molecular complexity index is 641. The van der Waals surface area contributed by atoms with Crippen LogP contribution < -0.4 is 0 Å². The van der Waals surface area contributed by atoms with E-state index in [1.54, 1.807) is 29.3 Å². The zero-order chi connectivity index (χ0) is 14.1. The number of H-pyrrole nitrogens is 1. The van der Waals surface area contributed by atoms with Gasteiger partial charge >= 0.3 is 0 Å². The molecule has 0 radical (unpaired) electrons. The monoisotopic (exact) mass is 335 g/mol. The van der Waals surface area contributed by atoms with Crippen molar-refractivity contribution in [3.05, 3.63) is 51.8 Å². The minimum atomic E-state index is -1.12. The number of nitrogens with zero attached hydrogens (tertiary/aromatic N) is 2. The summed E-state index contributed by atoms with van der Waals surface area (Å²) >= 11 is 3.34. The lowest BCUT2D eigenvalue weighted by atomic mass is 10.0. The van der Waals surface area contributed by atoms with Crippen LogP contribution in [0.2, 0.25) is 0 Å². The van der Waals surface area contributed by atoms with Crippen molar-refractivity contribution in [2.24, 2.45) is 0 Å². The molecule has 104 valence electrons. The van der Waals surface area contributed by atoms with Crippen molar-refractivity contribution in [1.82, 2.24) is 15.1 Å². The van der Waals surface area contributed by atoms with Crippen molar-refractivity contribution in [3.63, 3.8) is 0 Å². The summed E-state index contributed by atoms with van der Waals surface area (Å²) in [6.07, 6.45) is 1.35. The number of aliphatic hydroxyl groups is 1. The van der Waals surface area contributed by atoms with E-state index in [2.05, 4.69) is 26.1 Å². The number of nitrogens with one attached hydrogen (secondary N) is 1. The van der Waals surface area contributed by atoms with E-state index in [0.717, 1.165) is 22.2 Å². The fourth-order valence-corrected chi connectivity index (χ4v) is 2.82. The second-order valence-electron chi connectivity index (χ2n) is 4.84. The number of hydrogen-bond acceptors (Lipinski definition) is 3. The van der Waals surface area contributed by atoms with Crippen molar-refractivity contribution < 1.29 is 9.90 Å². The van der Waals surface area contributed by atoms with Crippen molar-refractivity contribution in [3.8, 4) is 0 Å². The number of fused-ring (bicyclic) bond motifs is 1. The van der Waals surface area contributed by atoms with Gasteiger partial charge in [0.1, 0.15) is 0 Å². The average Bonchev–Trinajstić information content (AvgIpc) is 2.93. The number of rotatable bonds is 2. The van der Waals surface area contributed by atoms with Gasteiger partial charge in [0, 0.05) is 35.2 Å². The van der Waals surface area contributed by atoms with Gasteiger partial charge in [-0.3, -0.25) is 9.89 Å². The summed E-state index contributed by atoms with van der Waals surface area (Å²) in [6.45, 7) is 1.09. The normalized spacial score (nSPS) is 15.8. The van der Waals surface area contributed by atoms with Crippen LogP contribution in [0.25, 0.3) is 0 Å². The lowest BCUT2D eigenvalue weighted by molar-refractivity contribution is -0.141. The van der Waals surface area contributed by atoms with Gasteiger partial charge in [-0.2, -0.15) is 5.10 Å². The Kier molecular flexibility index (Phi) is 3.58. The van der Waals surface area contributed by atoms with Crippen LogP contribution in [0.4, 0.5) is 0 Å². The van der Waals surface area contributed by atoms with Crippen LogP contribution >= 0.6 is 15.9 Å². The maximum Gasteiger partial charge on any atom is 0.256 e. The summed E-state index contributed by atoms with van der Waals surface area (Å²) in [7, 11) is 0. The second-order valence-corrected chi connectivity index (χ2v) is 5.76. The number of benzene rings is 1. The molecule has 1 amide bonds. The molecular weight excluding hydrogens is 322 g/mol. The highest BCUT2D eigenvalue weighted by Gasteiger charge is 2.27. The first kappa shape index (κ1) is 13.3. The first-order chi connectivity index (χ1) is 9.65. The van der Waals surface area contributed by atoms with E-state index in [1.165, 1.54) is 0 Å². The highest BCUT2D eigenvalue weighted by Crippen LogP contribution is 2.23. The predicted octanol–water partition coefficient (Wildman–Crippen LogP) is 1.79. The third kappa shape index (κ3) is 2.48. The fraction of sp³-hybridized carbons (Fsp3) is 0.286. The topological polar surface area (TPSA) is 69.2 Å². The third-order valence-electron chi connectivity index (χ3n) is 3.51. The van der Waals surface area contributed by atoms with Gasteiger partial charge in [-0.25, -0.2) is 0 Å². The van der Waals surface area contributed by atoms with Crippen LogP contribution in [0, 0.1) is 0 Å². The molecule has 1 unspecified atom stereocenters. The van der Waals surface area contributed by atoms with Gasteiger partial charge in [0.15, 0.2) is 6.10 Å². The Morgan fingerprint density at radius 3 is 3.15 bits per heavy atom. The van der Waals surface area contributed by atoms with Crippen molar-refractivity contribution >= 4 is 21.8 Å². The van der Waals surface area contributed by atoms with Crippen LogP contribution in [0.1, 0.15) is 22.9 Å². The second kappa shape index (κ2) is 5.38. The summed E-state index contributed by atoms with van der Waals surface area (Å²) in [6, 6.07) is 7.18. The van der Waals surface area contributed by atoms with Gasteiger partial charge in [0.25, 0.3) is 5.91 Å². The Balaban J connectivity index is 1.76. The summed E-state index contributed by atoms with van der Waals surface area (Å²) in [4.78, 5) is 14.0. The van der Waals surface area contributed by atoms with Crippen molar-refractivity contribution in [2.75, 3.05) is 6.54 Å². The molecule has 0 spiro atoms. The summed E-state index contributed by atoms with van der Waals surface area (Å²) in [5.74, 6) is -0.269. The van der Waals surface area contributed by atoms with Gasteiger partial charge in [0.2, 0.25) is 0 Å². The molecule has 6 heteroatoms. The summed E-state index contributed by atoms with van der Waals surface area (Å²) in [5.41, 5.74) is 2.69. The largest absolute Gasteiger partial charge is 0.378 e. The third-order valence-corrected chi connectivity index (χ3v) is 4.00. The highest BCUT2D eigenvalue weighted by atomic mass is 79.9. The van der Waals surface area contributed by atoms with Crippen LogP contribution in [-0.4, -0.2) is 32.7 Å². The first-order valence-corrected chi connectivity index (χ1v) is 7.18. The van der Waals surface area contributed by atoms with Crippen molar-refractivity contribution in [1.29, 1.82) is 0 Å². The number of aliphatic hydroxyl groups excluding tert-OH is 1. The molecular formula is C14H14BrN3O2. The number of halogens is 1. The fourth-order valence-electron chi connectivity index (χ4n) is 2.40. The molecule has 0 bridgehead atoms. The zero-order valence-electron chi connectivity index (χ0n) is 10.7.